The van der Waals surface area contributed by atoms with Gasteiger partial charge in [-0.2, -0.15) is 0 Å². The van der Waals surface area contributed by atoms with E-state index in [2.05, 4.69) is 86.7 Å². The van der Waals surface area contributed by atoms with Crippen LogP contribution in [-0.4, -0.2) is 93.1 Å². The summed E-state index contributed by atoms with van der Waals surface area (Å²) in [7, 11) is 1.69. The summed E-state index contributed by atoms with van der Waals surface area (Å²) in [5.41, 5.74) is 10.1. The lowest BCUT2D eigenvalue weighted by Gasteiger charge is -2.40. The monoisotopic (exact) mass is 751 g/mol. The molecule has 0 spiro atoms. The molecule has 3 saturated heterocycles. The molecule has 0 saturated carbocycles. The van der Waals surface area contributed by atoms with Crippen molar-refractivity contribution < 1.29 is 23.9 Å². The van der Waals surface area contributed by atoms with Gasteiger partial charge in [0.2, 0.25) is 11.8 Å². The zero-order chi connectivity index (χ0) is 38.2. The van der Waals surface area contributed by atoms with Crippen LogP contribution >= 0.6 is 0 Å². The summed E-state index contributed by atoms with van der Waals surface area (Å²) in [6, 6.07) is 31.5. The van der Waals surface area contributed by atoms with Crippen LogP contribution in [0.3, 0.4) is 0 Å². The van der Waals surface area contributed by atoms with Gasteiger partial charge in [0.15, 0.2) is 0 Å². The van der Waals surface area contributed by atoms with Crippen LogP contribution in [0.25, 0.3) is 11.1 Å². The summed E-state index contributed by atoms with van der Waals surface area (Å²) >= 11 is 0. The highest BCUT2D eigenvalue weighted by atomic mass is 16.5. The van der Waals surface area contributed by atoms with Crippen LogP contribution in [0.2, 0.25) is 0 Å². The second-order valence-electron chi connectivity index (χ2n) is 15.7. The highest BCUT2D eigenvalue weighted by Gasteiger charge is 2.39. The number of ether oxygens (including phenoxy) is 2. The van der Waals surface area contributed by atoms with Crippen molar-refractivity contribution in [3.05, 3.63) is 119 Å². The lowest BCUT2D eigenvalue weighted by Crippen LogP contribution is -2.52. The van der Waals surface area contributed by atoms with Gasteiger partial charge in [-0.25, -0.2) is 0 Å². The molecule has 0 aromatic heterocycles. The van der Waals surface area contributed by atoms with Gasteiger partial charge in [0.1, 0.15) is 17.5 Å². The van der Waals surface area contributed by atoms with Crippen LogP contribution in [0.15, 0.2) is 91.0 Å². The number of hydrogen-bond acceptors (Lipinski definition) is 8. The Balaban J connectivity index is 0.801. The summed E-state index contributed by atoms with van der Waals surface area (Å²) in [5, 5.41) is 2.39. The summed E-state index contributed by atoms with van der Waals surface area (Å²) in [6.07, 6.45) is 3.83. The van der Waals surface area contributed by atoms with Gasteiger partial charge in [-0.1, -0.05) is 42.5 Å². The normalized spacial score (nSPS) is 20.7. The van der Waals surface area contributed by atoms with E-state index in [9.17, 15) is 14.4 Å². The molecule has 0 radical (unpaired) electrons. The molecule has 9 rings (SSSR count). The van der Waals surface area contributed by atoms with Crippen LogP contribution in [0.1, 0.15) is 64.7 Å². The van der Waals surface area contributed by atoms with Crippen molar-refractivity contribution in [3.63, 3.8) is 0 Å². The molecule has 10 heteroatoms. The molecular formula is C46H49N5O5. The number of methoxy groups -OCH3 is 1. The van der Waals surface area contributed by atoms with E-state index in [-0.39, 0.29) is 24.1 Å². The van der Waals surface area contributed by atoms with E-state index in [0.717, 1.165) is 80.5 Å². The number of nitrogens with zero attached hydrogens (tertiary/aromatic N) is 4. The van der Waals surface area contributed by atoms with Crippen LogP contribution < -0.4 is 24.6 Å². The van der Waals surface area contributed by atoms with Crippen molar-refractivity contribution in [2.24, 2.45) is 5.92 Å². The van der Waals surface area contributed by atoms with Gasteiger partial charge >= 0.3 is 0 Å². The second-order valence-corrected chi connectivity index (χ2v) is 15.7. The first-order chi connectivity index (χ1) is 27.4. The van der Waals surface area contributed by atoms with Gasteiger partial charge in [0.05, 0.1) is 13.7 Å². The van der Waals surface area contributed by atoms with Gasteiger partial charge in [-0.05, 0) is 95.5 Å². The average Bonchev–Trinajstić information content (AvgIpc) is 3.43. The fourth-order valence-electron chi connectivity index (χ4n) is 9.29. The number of hydrogen-bond donors (Lipinski definition) is 1. The lowest BCUT2D eigenvalue weighted by atomic mass is 9.88. The Labute approximate surface area is 328 Å². The number of imide groups is 1. The molecule has 4 aromatic carbocycles. The van der Waals surface area contributed by atoms with Crippen molar-refractivity contribution in [1.82, 2.24) is 15.1 Å². The molecule has 3 amide bonds. The van der Waals surface area contributed by atoms with E-state index < -0.39 is 6.04 Å². The van der Waals surface area contributed by atoms with Crippen LogP contribution in [0.4, 0.5) is 11.4 Å². The van der Waals surface area contributed by atoms with E-state index in [1.165, 1.54) is 40.8 Å². The van der Waals surface area contributed by atoms with Crippen molar-refractivity contribution in [2.75, 3.05) is 69.3 Å². The molecule has 10 nitrogen and oxygen atoms in total. The Morgan fingerprint density at radius 2 is 1.46 bits per heavy atom. The van der Waals surface area contributed by atoms with Crippen molar-refractivity contribution in [1.29, 1.82) is 0 Å². The van der Waals surface area contributed by atoms with Crippen LogP contribution in [-0.2, 0) is 16.1 Å². The number of rotatable bonds is 8. The molecule has 1 N–H and O–H groups in total. The predicted molar refractivity (Wildman–Crippen MR) is 218 cm³/mol. The van der Waals surface area contributed by atoms with Crippen molar-refractivity contribution in [3.8, 4) is 11.5 Å². The Hall–Kier alpha value is -5.61. The minimum Gasteiger partial charge on any atom is -0.497 e. The first-order valence-corrected chi connectivity index (χ1v) is 20.1. The van der Waals surface area contributed by atoms with E-state index in [0.29, 0.717) is 31.1 Å². The minimum absolute atomic E-state index is 0.123. The highest BCUT2D eigenvalue weighted by Crippen LogP contribution is 2.43. The molecular weight excluding hydrogens is 703 g/mol. The molecule has 1 atom stereocenters. The number of fused-ring (bicyclic) bond motifs is 2. The van der Waals surface area contributed by atoms with Crippen molar-refractivity contribution >= 4 is 40.2 Å². The maximum absolute atomic E-state index is 13.2. The third kappa shape index (κ3) is 7.14. The van der Waals surface area contributed by atoms with Crippen molar-refractivity contribution in [2.45, 2.75) is 44.7 Å². The zero-order valence-corrected chi connectivity index (χ0v) is 32.0. The summed E-state index contributed by atoms with van der Waals surface area (Å²) in [4.78, 5) is 46.5. The minimum atomic E-state index is -0.588. The Kier molecular flexibility index (Phi) is 9.98. The first-order valence-electron chi connectivity index (χ1n) is 20.1. The SMILES string of the molecule is COc1ccc2c(c1)OCCC(c1ccccc1)=C2c1ccc(N2CCC(CN3CCN(c4ccc5c(c4)CN([C@H]4CCC(=O)NC4=O)C5=O)CC3)CC2)cc1. The number of carbonyl (C=O) groups excluding carboxylic acids is 3. The molecule has 5 heterocycles. The first kappa shape index (κ1) is 36.1. The number of anilines is 2. The topological polar surface area (TPSA) is 94.7 Å². The third-order valence-corrected chi connectivity index (χ3v) is 12.4. The van der Waals surface area contributed by atoms with Crippen LogP contribution in [0, 0.1) is 5.92 Å². The molecule has 4 aromatic rings. The van der Waals surface area contributed by atoms with E-state index >= 15 is 0 Å². The van der Waals surface area contributed by atoms with Crippen LogP contribution in [0.5, 0.6) is 11.5 Å². The third-order valence-electron chi connectivity index (χ3n) is 12.4. The van der Waals surface area contributed by atoms with E-state index in [4.69, 9.17) is 9.47 Å². The summed E-state index contributed by atoms with van der Waals surface area (Å²) in [6.45, 7) is 8.19. The molecule has 0 unspecified atom stereocenters. The maximum Gasteiger partial charge on any atom is 0.255 e. The molecule has 3 fully saturated rings. The Morgan fingerprint density at radius 1 is 0.732 bits per heavy atom. The number of benzene rings is 4. The molecule has 0 aliphatic carbocycles. The summed E-state index contributed by atoms with van der Waals surface area (Å²) in [5.74, 6) is 1.57. The standard InChI is InChI=1S/C46H49N5O5/c1-55-37-12-14-40-42(28-37)56-26-19-38(32-5-3-2-4-6-32)44(40)33-7-9-35(10-8-33)49-20-17-31(18-21-49)29-48-22-24-50(25-23-48)36-11-13-39-34(27-36)30-51(46(39)54)41-15-16-43(52)47-45(41)53/h2-14,27-28,31,41H,15-26,29-30H2,1H3,(H,47,52,53)/t41-/m0/s1. The smallest absolute Gasteiger partial charge is 0.255 e. The van der Waals surface area contributed by atoms with E-state index in [1.54, 1.807) is 12.0 Å². The molecule has 56 heavy (non-hydrogen) atoms. The maximum atomic E-state index is 13.2. The number of piperazine rings is 1. The largest absolute Gasteiger partial charge is 0.497 e. The second kappa shape index (κ2) is 15.5. The number of piperidine rings is 2. The van der Waals surface area contributed by atoms with Gasteiger partial charge in [-0.15, -0.1) is 0 Å². The Morgan fingerprint density at radius 3 is 2.21 bits per heavy atom. The fraction of sp³-hybridized carbons (Fsp3) is 0.370. The average molecular weight is 752 g/mol. The van der Waals surface area contributed by atoms with E-state index in [1.807, 2.05) is 24.3 Å². The number of nitrogens with one attached hydrogen (secondary N) is 1. The van der Waals surface area contributed by atoms with Gasteiger partial charge < -0.3 is 24.2 Å². The highest BCUT2D eigenvalue weighted by molar-refractivity contribution is 6.05. The lowest BCUT2D eigenvalue weighted by molar-refractivity contribution is -0.136. The molecule has 288 valence electrons. The molecule has 5 aliphatic heterocycles. The quantitative estimate of drug-likeness (QED) is 0.212. The number of carbonyl (C=O) groups is 3. The number of amides is 3. The predicted octanol–water partition coefficient (Wildman–Crippen LogP) is 6.24. The fourth-order valence-corrected chi connectivity index (χ4v) is 9.29. The zero-order valence-electron chi connectivity index (χ0n) is 32.0. The van der Waals surface area contributed by atoms with Gasteiger partial charge in [0.25, 0.3) is 5.91 Å². The molecule has 0 bridgehead atoms. The van der Waals surface area contributed by atoms with Gasteiger partial charge in [0, 0.05) is 93.8 Å². The summed E-state index contributed by atoms with van der Waals surface area (Å²) < 4.78 is 11.8. The van der Waals surface area contributed by atoms with Gasteiger partial charge in [-0.3, -0.25) is 24.6 Å². The Bertz CT molecular complexity index is 2150. The molecule has 5 aliphatic rings.